The molecule has 0 radical (unpaired) electrons. The predicted octanol–water partition coefficient (Wildman–Crippen LogP) is 3.07. The summed E-state index contributed by atoms with van der Waals surface area (Å²) in [6.07, 6.45) is 1.36. The number of nitriles is 1. The van der Waals surface area contributed by atoms with Crippen molar-refractivity contribution in [3.8, 4) is 6.07 Å². The highest BCUT2D eigenvalue weighted by Crippen LogP contribution is 2.15. The molecule has 0 aliphatic heterocycles. The molecule has 17 heavy (non-hydrogen) atoms. The van der Waals surface area contributed by atoms with Gasteiger partial charge < -0.3 is 5.32 Å². The second-order valence-corrected chi connectivity index (χ2v) is 4.07. The van der Waals surface area contributed by atoms with Gasteiger partial charge in [-0.25, -0.2) is 4.39 Å². The van der Waals surface area contributed by atoms with Crippen molar-refractivity contribution in [3.63, 3.8) is 0 Å². The minimum Gasteiger partial charge on any atom is -0.326 e. The molecule has 90 valence electrons. The lowest BCUT2D eigenvalue weighted by atomic mass is 10.0. The maximum absolute atomic E-state index is 13.0. The van der Waals surface area contributed by atoms with Gasteiger partial charge in [0, 0.05) is 12.1 Å². The normalized spacial score (nSPS) is 11.6. The molecule has 0 bridgehead atoms. The lowest BCUT2D eigenvalue weighted by molar-refractivity contribution is -0.117. The van der Waals surface area contributed by atoms with E-state index in [0.29, 0.717) is 18.0 Å². The zero-order chi connectivity index (χ0) is 12.8. The molecule has 0 spiro atoms. The van der Waals surface area contributed by atoms with Gasteiger partial charge in [-0.15, -0.1) is 0 Å². The Morgan fingerprint density at radius 3 is 2.88 bits per heavy atom. The molecule has 0 saturated heterocycles. The number of rotatable bonds is 4. The van der Waals surface area contributed by atoms with E-state index in [-0.39, 0.29) is 11.5 Å². The molecule has 1 rings (SSSR count). The minimum absolute atomic E-state index is 0.0636. The average molecular weight is 234 g/mol. The Bertz CT molecular complexity index is 451. The summed E-state index contributed by atoms with van der Waals surface area (Å²) in [4.78, 5) is 11.6. The summed E-state index contributed by atoms with van der Waals surface area (Å²) in [6, 6.07) is 5.70. The topological polar surface area (TPSA) is 52.9 Å². The van der Waals surface area contributed by atoms with Crippen LogP contribution < -0.4 is 5.32 Å². The van der Waals surface area contributed by atoms with Crippen LogP contribution in [-0.4, -0.2) is 5.91 Å². The van der Waals surface area contributed by atoms with Gasteiger partial charge in [0.1, 0.15) is 11.9 Å². The standard InChI is InChI=1S/C13H15FN2O/c1-3-9(2)6-13(17)16-11-4-5-12(14)10(7-11)8-15/h4-5,7,9H,3,6H2,1-2H3,(H,16,17). The molecule has 3 nitrogen and oxygen atoms in total. The van der Waals surface area contributed by atoms with Crippen LogP contribution in [0.15, 0.2) is 18.2 Å². The van der Waals surface area contributed by atoms with Gasteiger partial charge in [0.2, 0.25) is 5.91 Å². The van der Waals surface area contributed by atoms with Crippen LogP contribution >= 0.6 is 0 Å². The SMILES string of the molecule is CCC(C)CC(=O)Nc1ccc(F)c(C#N)c1. The first-order valence-corrected chi connectivity index (χ1v) is 5.56. The van der Waals surface area contributed by atoms with Crippen molar-refractivity contribution in [3.05, 3.63) is 29.6 Å². The summed E-state index contributed by atoms with van der Waals surface area (Å²) in [5, 5.41) is 11.3. The summed E-state index contributed by atoms with van der Waals surface area (Å²) in [6.45, 7) is 4.01. The van der Waals surface area contributed by atoms with Gasteiger partial charge in [0.25, 0.3) is 0 Å². The summed E-state index contributed by atoms with van der Waals surface area (Å²) < 4.78 is 13.0. The Balaban J connectivity index is 2.69. The monoisotopic (exact) mass is 234 g/mol. The van der Waals surface area contributed by atoms with Gasteiger partial charge in [0.15, 0.2) is 0 Å². The molecule has 1 aromatic carbocycles. The second-order valence-electron chi connectivity index (χ2n) is 4.07. The van der Waals surface area contributed by atoms with Gasteiger partial charge >= 0.3 is 0 Å². The van der Waals surface area contributed by atoms with Crippen LogP contribution in [0.4, 0.5) is 10.1 Å². The number of halogens is 1. The zero-order valence-corrected chi connectivity index (χ0v) is 9.96. The van der Waals surface area contributed by atoms with E-state index in [1.165, 1.54) is 18.2 Å². The Morgan fingerprint density at radius 2 is 2.29 bits per heavy atom. The minimum atomic E-state index is -0.576. The molecule has 1 N–H and O–H groups in total. The smallest absolute Gasteiger partial charge is 0.224 e. The molecule has 1 atom stereocenters. The van der Waals surface area contributed by atoms with Crippen molar-refractivity contribution in [1.29, 1.82) is 5.26 Å². The number of benzene rings is 1. The molecule has 4 heteroatoms. The first-order chi connectivity index (χ1) is 8.06. The van der Waals surface area contributed by atoms with Crippen LogP contribution in [0.2, 0.25) is 0 Å². The van der Waals surface area contributed by atoms with Crippen molar-refractivity contribution < 1.29 is 9.18 Å². The van der Waals surface area contributed by atoms with Crippen LogP contribution in [0.25, 0.3) is 0 Å². The van der Waals surface area contributed by atoms with E-state index in [9.17, 15) is 9.18 Å². The summed E-state index contributed by atoms with van der Waals surface area (Å²) >= 11 is 0. The van der Waals surface area contributed by atoms with E-state index >= 15 is 0 Å². The van der Waals surface area contributed by atoms with Crippen molar-refractivity contribution in [2.45, 2.75) is 26.7 Å². The van der Waals surface area contributed by atoms with Crippen molar-refractivity contribution >= 4 is 11.6 Å². The van der Waals surface area contributed by atoms with Crippen LogP contribution in [0.5, 0.6) is 0 Å². The number of carbonyl (C=O) groups is 1. The third-order valence-corrected chi connectivity index (χ3v) is 2.60. The van der Waals surface area contributed by atoms with Crippen LogP contribution in [0.3, 0.4) is 0 Å². The van der Waals surface area contributed by atoms with E-state index < -0.39 is 5.82 Å². The van der Waals surface area contributed by atoms with E-state index in [1.807, 2.05) is 13.8 Å². The number of hydrogen-bond acceptors (Lipinski definition) is 2. The lowest BCUT2D eigenvalue weighted by Crippen LogP contribution is -2.14. The highest BCUT2D eigenvalue weighted by Gasteiger charge is 2.09. The van der Waals surface area contributed by atoms with E-state index in [1.54, 1.807) is 6.07 Å². The Hall–Kier alpha value is -1.89. The van der Waals surface area contributed by atoms with E-state index in [2.05, 4.69) is 5.32 Å². The highest BCUT2D eigenvalue weighted by atomic mass is 19.1. The molecule has 0 saturated carbocycles. The molecule has 0 aliphatic rings. The van der Waals surface area contributed by atoms with Crippen LogP contribution in [-0.2, 0) is 4.79 Å². The summed E-state index contributed by atoms with van der Waals surface area (Å²) in [5.74, 6) is -0.381. The lowest BCUT2D eigenvalue weighted by Gasteiger charge is -2.09. The van der Waals surface area contributed by atoms with Crippen LogP contribution in [0.1, 0.15) is 32.3 Å². The maximum Gasteiger partial charge on any atom is 0.224 e. The average Bonchev–Trinajstić information content (AvgIpc) is 2.31. The molecule has 1 amide bonds. The number of carbonyl (C=O) groups excluding carboxylic acids is 1. The van der Waals surface area contributed by atoms with Gasteiger partial charge in [-0.1, -0.05) is 20.3 Å². The fourth-order valence-corrected chi connectivity index (χ4v) is 1.36. The molecule has 0 aliphatic carbocycles. The molecular weight excluding hydrogens is 219 g/mol. The third-order valence-electron chi connectivity index (χ3n) is 2.60. The summed E-state index contributed by atoms with van der Waals surface area (Å²) in [7, 11) is 0. The van der Waals surface area contributed by atoms with E-state index in [0.717, 1.165) is 6.42 Å². The Kier molecular flexibility index (Phi) is 4.65. The van der Waals surface area contributed by atoms with Gasteiger partial charge in [-0.3, -0.25) is 4.79 Å². The third kappa shape index (κ3) is 3.87. The molecule has 0 aromatic heterocycles. The van der Waals surface area contributed by atoms with Gasteiger partial charge in [-0.05, 0) is 24.1 Å². The van der Waals surface area contributed by atoms with Crippen molar-refractivity contribution in [2.24, 2.45) is 5.92 Å². The van der Waals surface area contributed by atoms with Crippen molar-refractivity contribution in [1.82, 2.24) is 0 Å². The molecule has 1 unspecified atom stereocenters. The number of nitrogens with one attached hydrogen (secondary N) is 1. The zero-order valence-electron chi connectivity index (χ0n) is 9.96. The largest absolute Gasteiger partial charge is 0.326 e. The van der Waals surface area contributed by atoms with E-state index in [4.69, 9.17) is 5.26 Å². The Labute approximate surface area is 100 Å². The highest BCUT2D eigenvalue weighted by molar-refractivity contribution is 5.91. The maximum atomic E-state index is 13.0. The molecule has 0 heterocycles. The molecule has 0 fully saturated rings. The van der Waals surface area contributed by atoms with Crippen LogP contribution in [0, 0.1) is 23.1 Å². The fourth-order valence-electron chi connectivity index (χ4n) is 1.36. The predicted molar refractivity (Wildman–Crippen MR) is 63.8 cm³/mol. The number of anilines is 1. The Morgan fingerprint density at radius 1 is 1.59 bits per heavy atom. The quantitative estimate of drug-likeness (QED) is 0.870. The molecule has 1 aromatic rings. The molecular formula is C13H15FN2O. The van der Waals surface area contributed by atoms with Gasteiger partial charge in [0.05, 0.1) is 5.56 Å². The number of amides is 1. The number of hydrogen-bond donors (Lipinski definition) is 1. The van der Waals surface area contributed by atoms with Crippen molar-refractivity contribution in [2.75, 3.05) is 5.32 Å². The summed E-state index contributed by atoms with van der Waals surface area (Å²) in [5.41, 5.74) is 0.391. The number of nitrogens with zero attached hydrogens (tertiary/aromatic N) is 1. The fraction of sp³-hybridized carbons (Fsp3) is 0.385. The second kappa shape index (κ2) is 6.00. The first kappa shape index (κ1) is 13.2. The first-order valence-electron chi connectivity index (χ1n) is 5.56. The van der Waals surface area contributed by atoms with Gasteiger partial charge in [-0.2, -0.15) is 5.26 Å².